The van der Waals surface area contributed by atoms with Crippen molar-refractivity contribution < 1.29 is 19.5 Å². The van der Waals surface area contributed by atoms with Crippen molar-refractivity contribution in [3.8, 4) is 0 Å². The van der Waals surface area contributed by atoms with Crippen molar-refractivity contribution >= 4 is 28.7 Å². The Morgan fingerprint density at radius 1 is 1.09 bits per heavy atom. The Labute approximate surface area is 187 Å². The molecule has 0 fully saturated rings. The number of rotatable bonds is 8. The Bertz CT molecular complexity index is 1130. The van der Waals surface area contributed by atoms with Crippen LogP contribution >= 0.6 is 0 Å². The largest absolute Gasteiger partial charge is 0.480 e. The van der Waals surface area contributed by atoms with E-state index in [1.807, 2.05) is 44.2 Å². The van der Waals surface area contributed by atoms with Crippen LogP contribution in [0.1, 0.15) is 40.4 Å². The van der Waals surface area contributed by atoms with Crippen molar-refractivity contribution in [1.29, 1.82) is 0 Å². The molecule has 0 saturated heterocycles. The monoisotopic (exact) mass is 435 g/mol. The molecule has 1 heterocycles. The molecule has 0 bridgehead atoms. The molecular weight excluding hydrogens is 406 g/mol. The van der Waals surface area contributed by atoms with Crippen LogP contribution in [-0.2, 0) is 16.0 Å². The normalized spacial score (nSPS) is 12.9. The van der Waals surface area contributed by atoms with E-state index in [-0.39, 0.29) is 12.3 Å². The summed E-state index contributed by atoms with van der Waals surface area (Å²) in [6, 6.07) is 11.3. The summed E-state index contributed by atoms with van der Waals surface area (Å²) in [6.07, 6.45) is 2.26. The van der Waals surface area contributed by atoms with Crippen molar-refractivity contribution in [3.05, 3.63) is 70.9 Å². The van der Waals surface area contributed by atoms with Gasteiger partial charge in [-0.3, -0.25) is 9.59 Å². The van der Waals surface area contributed by atoms with Gasteiger partial charge in [0, 0.05) is 36.1 Å². The molecule has 32 heavy (non-hydrogen) atoms. The minimum Gasteiger partial charge on any atom is -0.480 e. The Morgan fingerprint density at radius 3 is 2.38 bits per heavy atom. The van der Waals surface area contributed by atoms with E-state index >= 15 is 0 Å². The number of aryl methyl sites for hydroxylation is 2. The topological polar surface area (TPSA) is 102 Å². The van der Waals surface area contributed by atoms with Crippen LogP contribution in [-0.4, -0.2) is 51.9 Å². The number of aromatic nitrogens is 1. The summed E-state index contributed by atoms with van der Waals surface area (Å²) in [5.74, 6) is -1.89. The molecule has 168 valence electrons. The number of para-hydroxylation sites is 1. The number of likely N-dealkylation sites (N-methyl/N-ethyl adjacent to an activating group) is 1. The van der Waals surface area contributed by atoms with Gasteiger partial charge in [0.1, 0.15) is 12.1 Å². The van der Waals surface area contributed by atoms with E-state index in [1.165, 1.54) is 4.90 Å². The van der Waals surface area contributed by atoms with Gasteiger partial charge in [-0.2, -0.15) is 0 Å². The fraction of sp³-hybridized carbons (Fsp3) is 0.320. The van der Waals surface area contributed by atoms with E-state index in [0.717, 1.165) is 27.6 Å². The molecule has 0 spiro atoms. The number of hydrogen-bond acceptors (Lipinski definition) is 3. The maximum Gasteiger partial charge on any atom is 0.326 e. The predicted molar refractivity (Wildman–Crippen MR) is 124 cm³/mol. The van der Waals surface area contributed by atoms with Crippen LogP contribution in [0.4, 0.5) is 0 Å². The van der Waals surface area contributed by atoms with E-state index in [9.17, 15) is 19.5 Å². The van der Waals surface area contributed by atoms with Gasteiger partial charge >= 0.3 is 5.97 Å². The molecule has 3 rings (SSSR count). The number of aromatic amines is 1. The maximum atomic E-state index is 13.0. The van der Waals surface area contributed by atoms with Gasteiger partial charge in [0.25, 0.3) is 5.91 Å². The molecule has 2 aromatic carbocycles. The lowest BCUT2D eigenvalue weighted by Crippen LogP contribution is -2.52. The molecule has 0 aliphatic rings. The van der Waals surface area contributed by atoms with Crippen LogP contribution in [0.2, 0.25) is 0 Å². The highest BCUT2D eigenvalue weighted by molar-refractivity contribution is 5.98. The predicted octanol–water partition coefficient (Wildman–Crippen LogP) is 3.45. The zero-order valence-corrected chi connectivity index (χ0v) is 18.8. The van der Waals surface area contributed by atoms with Crippen molar-refractivity contribution in [2.75, 3.05) is 7.05 Å². The molecule has 0 aliphatic heterocycles. The SMILES string of the molecule is CCC(C(=O)NC(Cc1c[nH]c2ccccc12)C(=O)O)N(C)C(=O)c1cc(C)cc(C)c1. The zero-order chi connectivity index (χ0) is 23.4. The van der Waals surface area contributed by atoms with Gasteiger partial charge in [0.05, 0.1) is 0 Å². The first-order valence-electron chi connectivity index (χ1n) is 10.6. The second-order valence-corrected chi connectivity index (χ2v) is 8.18. The Kier molecular flexibility index (Phi) is 6.98. The average Bonchev–Trinajstić information content (AvgIpc) is 3.15. The number of carboxylic acids is 1. The fourth-order valence-electron chi connectivity index (χ4n) is 4.07. The second-order valence-electron chi connectivity index (χ2n) is 8.18. The Balaban J connectivity index is 1.76. The quantitative estimate of drug-likeness (QED) is 0.504. The number of aliphatic carboxylic acids is 1. The number of H-pyrrole nitrogens is 1. The number of nitrogens with zero attached hydrogens (tertiary/aromatic N) is 1. The van der Waals surface area contributed by atoms with E-state index in [0.29, 0.717) is 12.0 Å². The highest BCUT2D eigenvalue weighted by atomic mass is 16.4. The molecular formula is C25H29N3O4. The van der Waals surface area contributed by atoms with Gasteiger partial charge in [0.15, 0.2) is 0 Å². The molecule has 7 heteroatoms. The number of benzene rings is 2. The minimum atomic E-state index is -1.12. The minimum absolute atomic E-state index is 0.135. The van der Waals surface area contributed by atoms with E-state index in [2.05, 4.69) is 10.3 Å². The first-order valence-corrected chi connectivity index (χ1v) is 10.6. The van der Waals surface area contributed by atoms with E-state index < -0.39 is 24.0 Å². The number of nitrogens with one attached hydrogen (secondary N) is 2. The summed E-state index contributed by atoms with van der Waals surface area (Å²) in [6.45, 7) is 5.62. The molecule has 2 unspecified atom stereocenters. The van der Waals surface area contributed by atoms with Crippen LogP contribution < -0.4 is 5.32 Å². The fourth-order valence-corrected chi connectivity index (χ4v) is 4.07. The molecule has 2 atom stereocenters. The molecule has 2 amide bonds. The summed E-state index contributed by atoms with van der Waals surface area (Å²) in [4.78, 5) is 42.4. The number of fused-ring (bicyclic) bond motifs is 1. The highest BCUT2D eigenvalue weighted by Gasteiger charge is 2.30. The summed E-state index contributed by atoms with van der Waals surface area (Å²) in [5.41, 5.74) is 4.14. The molecule has 0 radical (unpaired) electrons. The van der Waals surface area contributed by atoms with Crippen molar-refractivity contribution in [2.24, 2.45) is 0 Å². The van der Waals surface area contributed by atoms with E-state index in [1.54, 1.807) is 32.3 Å². The van der Waals surface area contributed by atoms with Crippen molar-refractivity contribution in [2.45, 2.75) is 45.7 Å². The van der Waals surface area contributed by atoms with Gasteiger partial charge in [-0.25, -0.2) is 4.79 Å². The molecule has 0 aliphatic carbocycles. The molecule has 7 nitrogen and oxygen atoms in total. The lowest BCUT2D eigenvalue weighted by molar-refractivity contribution is -0.142. The Morgan fingerprint density at radius 2 is 1.75 bits per heavy atom. The Hall–Kier alpha value is -3.61. The van der Waals surface area contributed by atoms with Crippen LogP contribution in [0.3, 0.4) is 0 Å². The zero-order valence-electron chi connectivity index (χ0n) is 18.8. The molecule has 0 saturated carbocycles. The third-order valence-corrected chi connectivity index (χ3v) is 5.66. The maximum absolute atomic E-state index is 13.0. The van der Waals surface area contributed by atoms with Gasteiger partial charge in [0.2, 0.25) is 5.91 Å². The van der Waals surface area contributed by atoms with Crippen molar-refractivity contribution in [1.82, 2.24) is 15.2 Å². The van der Waals surface area contributed by atoms with Crippen LogP contribution in [0.15, 0.2) is 48.7 Å². The van der Waals surface area contributed by atoms with Gasteiger partial charge in [-0.05, 0) is 44.0 Å². The third kappa shape index (κ3) is 4.99. The van der Waals surface area contributed by atoms with Gasteiger partial charge in [-0.1, -0.05) is 42.3 Å². The van der Waals surface area contributed by atoms with Crippen LogP contribution in [0, 0.1) is 13.8 Å². The molecule has 3 aromatic rings. The number of carbonyl (C=O) groups is 3. The first-order chi connectivity index (χ1) is 15.2. The van der Waals surface area contributed by atoms with Gasteiger partial charge < -0.3 is 20.3 Å². The van der Waals surface area contributed by atoms with E-state index in [4.69, 9.17) is 0 Å². The molecule has 1 aromatic heterocycles. The molecule has 3 N–H and O–H groups in total. The number of amides is 2. The first kappa shape index (κ1) is 23.1. The lowest BCUT2D eigenvalue weighted by atomic mass is 10.0. The number of carboxylic acid groups (broad SMARTS) is 1. The summed E-state index contributed by atoms with van der Waals surface area (Å²) >= 11 is 0. The lowest BCUT2D eigenvalue weighted by Gasteiger charge is -2.28. The highest BCUT2D eigenvalue weighted by Crippen LogP contribution is 2.20. The summed E-state index contributed by atoms with van der Waals surface area (Å²) in [5, 5.41) is 13.3. The van der Waals surface area contributed by atoms with Crippen LogP contribution in [0.25, 0.3) is 10.9 Å². The number of carbonyl (C=O) groups excluding carboxylic acids is 2. The standard InChI is InChI=1S/C25H29N3O4/c1-5-22(28(4)24(30)17-11-15(2)10-16(3)12-17)23(29)27-21(25(31)32)13-18-14-26-20-9-7-6-8-19(18)20/h6-12,14,21-22,26H,5,13H2,1-4H3,(H,27,29)(H,31,32). The van der Waals surface area contributed by atoms with Crippen LogP contribution in [0.5, 0.6) is 0 Å². The number of hydrogen-bond donors (Lipinski definition) is 3. The van der Waals surface area contributed by atoms with Crippen molar-refractivity contribution in [3.63, 3.8) is 0 Å². The smallest absolute Gasteiger partial charge is 0.326 e. The summed E-state index contributed by atoms with van der Waals surface area (Å²) < 4.78 is 0. The third-order valence-electron chi connectivity index (χ3n) is 5.66. The average molecular weight is 436 g/mol. The summed E-state index contributed by atoms with van der Waals surface area (Å²) in [7, 11) is 1.57. The second kappa shape index (κ2) is 9.68. The van der Waals surface area contributed by atoms with Gasteiger partial charge in [-0.15, -0.1) is 0 Å².